The number of esters is 1. The molecule has 2 aromatic carbocycles. The van der Waals surface area contributed by atoms with Crippen LogP contribution in [0.1, 0.15) is 17.9 Å². The summed E-state index contributed by atoms with van der Waals surface area (Å²) < 4.78 is 15.6. The Morgan fingerprint density at radius 1 is 1.04 bits per heavy atom. The van der Waals surface area contributed by atoms with Gasteiger partial charge in [0, 0.05) is 18.4 Å². The van der Waals surface area contributed by atoms with Crippen molar-refractivity contribution in [2.24, 2.45) is 0 Å². The fourth-order valence-corrected chi connectivity index (χ4v) is 2.42. The highest BCUT2D eigenvalue weighted by Crippen LogP contribution is 2.15. The monoisotopic (exact) mass is 352 g/mol. The lowest BCUT2D eigenvalue weighted by Crippen LogP contribution is -2.08. The number of methoxy groups -OCH3 is 1. The molecule has 134 valence electrons. The Hall–Kier alpha value is -3.15. The molecular formula is C20H20N2O4. The van der Waals surface area contributed by atoms with Gasteiger partial charge in [0.05, 0.1) is 20.1 Å². The van der Waals surface area contributed by atoms with Crippen LogP contribution < -0.4 is 4.74 Å². The van der Waals surface area contributed by atoms with Crippen LogP contribution in [0.15, 0.2) is 59.1 Å². The van der Waals surface area contributed by atoms with Gasteiger partial charge in [0.2, 0.25) is 11.7 Å². The molecule has 0 saturated heterocycles. The van der Waals surface area contributed by atoms with Gasteiger partial charge in [-0.1, -0.05) is 47.6 Å². The fraction of sp³-hybridized carbons (Fsp3) is 0.250. The maximum atomic E-state index is 11.9. The smallest absolute Gasteiger partial charge is 0.306 e. The van der Waals surface area contributed by atoms with Crippen LogP contribution in [-0.4, -0.2) is 29.8 Å². The van der Waals surface area contributed by atoms with E-state index in [2.05, 4.69) is 10.1 Å². The first-order chi connectivity index (χ1) is 12.7. The molecule has 3 aromatic rings. The molecule has 0 bridgehead atoms. The molecule has 0 N–H and O–H groups in total. The van der Waals surface area contributed by atoms with Crippen LogP contribution in [0.25, 0.3) is 11.4 Å². The molecule has 0 fully saturated rings. The highest BCUT2D eigenvalue weighted by Gasteiger charge is 2.11. The van der Waals surface area contributed by atoms with E-state index in [0.29, 0.717) is 31.2 Å². The average molecular weight is 352 g/mol. The third-order valence-electron chi connectivity index (χ3n) is 3.86. The van der Waals surface area contributed by atoms with Crippen molar-refractivity contribution in [2.75, 3.05) is 13.7 Å². The van der Waals surface area contributed by atoms with Crippen molar-refractivity contribution < 1.29 is 18.8 Å². The molecule has 0 unspecified atom stereocenters. The topological polar surface area (TPSA) is 74.5 Å². The fourth-order valence-electron chi connectivity index (χ4n) is 2.42. The summed E-state index contributed by atoms with van der Waals surface area (Å²) >= 11 is 0. The Kier molecular flexibility index (Phi) is 5.98. The number of nitrogens with zero attached hydrogens (tertiary/aromatic N) is 2. The highest BCUT2D eigenvalue weighted by atomic mass is 16.5. The Balaban J connectivity index is 1.40. The van der Waals surface area contributed by atoms with E-state index in [4.69, 9.17) is 14.0 Å². The normalized spacial score (nSPS) is 10.5. The van der Waals surface area contributed by atoms with Crippen LogP contribution in [-0.2, 0) is 22.4 Å². The number of carbonyl (C=O) groups is 1. The Labute approximate surface area is 151 Å². The number of aryl methyl sites for hydroxylation is 1. The number of rotatable bonds is 8. The van der Waals surface area contributed by atoms with Crippen LogP contribution in [0.4, 0.5) is 0 Å². The van der Waals surface area contributed by atoms with Gasteiger partial charge in [-0.3, -0.25) is 4.79 Å². The number of hydrogen-bond donors (Lipinski definition) is 0. The third-order valence-corrected chi connectivity index (χ3v) is 3.86. The number of ether oxygens (including phenoxy) is 2. The number of hydrogen-bond acceptors (Lipinski definition) is 6. The zero-order valence-electron chi connectivity index (χ0n) is 14.6. The van der Waals surface area contributed by atoms with Crippen molar-refractivity contribution in [3.8, 4) is 17.1 Å². The lowest BCUT2D eigenvalue weighted by molar-refractivity contribution is -0.143. The quantitative estimate of drug-likeness (QED) is 0.578. The molecular weight excluding hydrogens is 332 g/mol. The maximum absolute atomic E-state index is 11.9. The number of aromatic nitrogens is 2. The summed E-state index contributed by atoms with van der Waals surface area (Å²) in [6, 6.07) is 17.2. The lowest BCUT2D eigenvalue weighted by atomic mass is 10.1. The molecule has 0 aliphatic carbocycles. The highest BCUT2D eigenvalue weighted by molar-refractivity contribution is 5.69. The minimum Gasteiger partial charge on any atom is -0.497 e. The van der Waals surface area contributed by atoms with E-state index >= 15 is 0 Å². The van der Waals surface area contributed by atoms with E-state index in [1.165, 1.54) is 0 Å². The second-order valence-corrected chi connectivity index (χ2v) is 5.70. The molecule has 0 amide bonds. The number of benzene rings is 2. The van der Waals surface area contributed by atoms with Crippen LogP contribution >= 0.6 is 0 Å². The summed E-state index contributed by atoms with van der Waals surface area (Å²) in [4.78, 5) is 16.2. The first-order valence-electron chi connectivity index (χ1n) is 8.41. The molecule has 3 rings (SSSR count). The summed E-state index contributed by atoms with van der Waals surface area (Å²) in [5.41, 5.74) is 1.97. The zero-order chi connectivity index (χ0) is 18.2. The van der Waals surface area contributed by atoms with Gasteiger partial charge in [-0.15, -0.1) is 0 Å². The van der Waals surface area contributed by atoms with Crippen molar-refractivity contribution >= 4 is 5.97 Å². The van der Waals surface area contributed by atoms with Crippen molar-refractivity contribution in [1.29, 1.82) is 0 Å². The average Bonchev–Trinajstić information content (AvgIpc) is 3.17. The molecule has 26 heavy (non-hydrogen) atoms. The third kappa shape index (κ3) is 4.92. The Morgan fingerprint density at radius 2 is 1.81 bits per heavy atom. The van der Waals surface area contributed by atoms with Crippen LogP contribution in [0.3, 0.4) is 0 Å². The molecule has 1 aromatic heterocycles. The molecule has 0 aliphatic rings. The predicted octanol–water partition coefficient (Wildman–Crippen LogP) is 3.46. The standard InChI is InChI=1S/C20H20N2O4/c1-24-17-9-7-15(8-10-17)13-14-25-19(23)12-11-18-21-20(22-26-18)16-5-3-2-4-6-16/h2-10H,11-14H2,1H3. The first kappa shape index (κ1) is 17.7. The van der Waals surface area contributed by atoms with Gasteiger partial charge in [0.15, 0.2) is 0 Å². The summed E-state index contributed by atoms with van der Waals surface area (Å²) in [5, 5.41) is 3.93. The Morgan fingerprint density at radius 3 is 2.54 bits per heavy atom. The minimum absolute atomic E-state index is 0.207. The summed E-state index contributed by atoms with van der Waals surface area (Å²) in [6.07, 6.45) is 1.23. The van der Waals surface area contributed by atoms with E-state index in [-0.39, 0.29) is 12.4 Å². The van der Waals surface area contributed by atoms with Crippen molar-refractivity contribution in [3.63, 3.8) is 0 Å². The summed E-state index contributed by atoms with van der Waals surface area (Å²) in [5.74, 6) is 1.47. The lowest BCUT2D eigenvalue weighted by Gasteiger charge is -2.05. The van der Waals surface area contributed by atoms with Crippen molar-refractivity contribution in [1.82, 2.24) is 10.1 Å². The van der Waals surface area contributed by atoms with Gasteiger partial charge in [-0.05, 0) is 17.7 Å². The van der Waals surface area contributed by atoms with E-state index in [0.717, 1.165) is 16.9 Å². The molecule has 0 atom stereocenters. The Bertz CT molecular complexity index is 829. The van der Waals surface area contributed by atoms with E-state index in [1.807, 2.05) is 54.6 Å². The first-order valence-corrected chi connectivity index (χ1v) is 8.41. The van der Waals surface area contributed by atoms with Crippen LogP contribution in [0.5, 0.6) is 5.75 Å². The minimum atomic E-state index is -0.280. The van der Waals surface area contributed by atoms with Crippen LogP contribution in [0.2, 0.25) is 0 Å². The summed E-state index contributed by atoms with van der Waals surface area (Å²) in [7, 11) is 1.63. The SMILES string of the molecule is COc1ccc(CCOC(=O)CCc2nc(-c3ccccc3)no2)cc1. The van der Waals surface area contributed by atoms with Gasteiger partial charge >= 0.3 is 5.97 Å². The van der Waals surface area contributed by atoms with E-state index in [9.17, 15) is 4.79 Å². The molecule has 1 heterocycles. The maximum Gasteiger partial charge on any atom is 0.306 e. The van der Waals surface area contributed by atoms with E-state index in [1.54, 1.807) is 7.11 Å². The molecule has 0 spiro atoms. The van der Waals surface area contributed by atoms with Gasteiger partial charge in [-0.25, -0.2) is 0 Å². The number of carbonyl (C=O) groups excluding carboxylic acids is 1. The van der Waals surface area contributed by atoms with Crippen LogP contribution in [0, 0.1) is 0 Å². The zero-order valence-corrected chi connectivity index (χ0v) is 14.6. The molecule has 6 heteroatoms. The molecule has 0 saturated carbocycles. The van der Waals surface area contributed by atoms with Gasteiger partial charge in [0.25, 0.3) is 0 Å². The molecule has 0 radical (unpaired) electrons. The van der Waals surface area contributed by atoms with Crippen molar-refractivity contribution in [3.05, 3.63) is 66.1 Å². The van der Waals surface area contributed by atoms with Gasteiger partial charge < -0.3 is 14.0 Å². The van der Waals surface area contributed by atoms with Crippen molar-refractivity contribution in [2.45, 2.75) is 19.3 Å². The summed E-state index contributed by atoms with van der Waals surface area (Å²) in [6.45, 7) is 0.338. The predicted molar refractivity (Wildman–Crippen MR) is 95.7 cm³/mol. The van der Waals surface area contributed by atoms with E-state index < -0.39 is 0 Å². The largest absolute Gasteiger partial charge is 0.497 e. The second-order valence-electron chi connectivity index (χ2n) is 5.70. The van der Waals surface area contributed by atoms with Gasteiger partial charge in [0.1, 0.15) is 5.75 Å². The molecule has 6 nitrogen and oxygen atoms in total. The molecule has 0 aliphatic heterocycles. The van der Waals surface area contributed by atoms with Gasteiger partial charge in [-0.2, -0.15) is 4.98 Å². The second kappa shape index (κ2) is 8.80.